The molecule has 2 aliphatic rings. The second kappa shape index (κ2) is 5.19. The molecule has 2 rings (SSSR count). The van der Waals surface area contributed by atoms with Gasteiger partial charge < -0.3 is 0 Å². The lowest BCUT2D eigenvalue weighted by molar-refractivity contribution is -0.169. The third-order valence-corrected chi connectivity index (χ3v) is 4.39. The van der Waals surface area contributed by atoms with Crippen LogP contribution < -0.4 is 0 Å². The predicted molar refractivity (Wildman–Crippen MR) is 66.3 cm³/mol. The predicted octanol–water partition coefficient (Wildman–Crippen LogP) is 2.74. The number of likely N-dealkylation sites (tertiary alicyclic amines) is 1. The Morgan fingerprint density at radius 3 is 2.59 bits per heavy atom. The molecule has 3 unspecified atom stereocenters. The van der Waals surface area contributed by atoms with Crippen LogP contribution in [0.4, 0.5) is 0 Å². The standard InChI is InChI=1S/C14H23NO2/c1-3-10(2)13(16)15-12-9-7-5-4-6-8-11(12)14(15)17/h10-12H,3-9H2,1-2H3. The molecule has 17 heavy (non-hydrogen) atoms. The molecule has 96 valence electrons. The maximum absolute atomic E-state index is 12.1. The summed E-state index contributed by atoms with van der Waals surface area (Å²) in [6.07, 6.45) is 7.65. The van der Waals surface area contributed by atoms with Crippen LogP contribution in [0.15, 0.2) is 0 Å². The van der Waals surface area contributed by atoms with E-state index in [2.05, 4.69) is 0 Å². The van der Waals surface area contributed by atoms with Gasteiger partial charge in [-0.2, -0.15) is 0 Å². The van der Waals surface area contributed by atoms with Crippen molar-refractivity contribution in [3.05, 3.63) is 0 Å². The van der Waals surface area contributed by atoms with Crippen LogP contribution in [0.25, 0.3) is 0 Å². The third kappa shape index (κ3) is 2.24. The van der Waals surface area contributed by atoms with Gasteiger partial charge >= 0.3 is 0 Å². The van der Waals surface area contributed by atoms with Gasteiger partial charge in [-0.3, -0.25) is 14.5 Å². The summed E-state index contributed by atoms with van der Waals surface area (Å²) >= 11 is 0. The summed E-state index contributed by atoms with van der Waals surface area (Å²) in [6.45, 7) is 3.92. The quantitative estimate of drug-likeness (QED) is 0.692. The summed E-state index contributed by atoms with van der Waals surface area (Å²) in [5.74, 6) is 0.301. The van der Waals surface area contributed by atoms with Crippen molar-refractivity contribution in [2.24, 2.45) is 11.8 Å². The molecule has 0 N–H and O–H groups in total. The summed E-state index contributed by atoms with van der Waals surface area (Å²) in [6, 6.07) is 0.226. The van der Waals surface area contributed by atoms with Gasteiger partial charge in [0.25, 0.3) is 0 Å². The first kappa shape index (κ1) is 12.6. The van der Waals surface area contributed by atoms with Crippen LogP contribution in [0, 0.1) is 11.8 Å². The number of imide groups is 1. The van der Waals surface area contributed by atoms with Crippen molar-refractivity contribution >= 4 is 11.8 Å². The first-order valence-corrected chi connectivity index (χ1v) is 7.03. The number of hydrogen-bond acceptors (Lipinski definition) is 2. The van der Waals surface area contributed by atoms with E-state index >= 15 is 0 Å². The maximum Gasteiger partial charge on any atom is 0.234 e. The Bertz CT molecular complexity index is 313. The van der Waals surface area contributed by atoms with Gasteiger partial charge in [0.15, 0.2) is 0 Å². The van der Waals surface area contributed by atoms with Crippen molar-refractivity contribution in [1.29, 1.82) is 0 Å². The Morgan fingerprint density at radius 2 is 1.94 bits per heavy atom. The average Bonchev–Trinajstić information content (AvgIpc) is 2.31. The van der Waals surface area contributed by atoms with Gasteiger partial charge in [0.1, 0.15) is 0 Å². The van der Waals surface area contributed by atoms with Crippen LogP contribution in [-0.2, 0) is 9.59 Å². The van der Waals surface area contributed by atoms with Crippen LogP contribution in [0.1, 0.15) is 58.8 Å². The SMILES string of the molecule is CCC(C)C(=O)N1C(=O)C2CCCCCCC21. The summed E-state index contributed by atoms with van der Waals surface area (Å²) in [7, 11) is 0. The molecule has 3 heteroatoms. The molecule has 0 aromatic rings. The van der Waals surface area contributed by atoms with Gasteiger partial charge in [-0.05, 0) is 19.3 Å². The highest BCUT2D eigenvalue weighted by atomic mass is 16.2. The number of nitrogens with zero attached hydrogens (tertiary/aromatic N) is 1. The minimum atomic E-state index is -0.00894. The van der Waals surface area contributed by atoms with Gasteiger partial charge in [-0.1, -0.05) is 39.5 Å². The monoisotopic (exact) mass is 237 g/mol. The molecule has 1 saturated carbocycles. The van der Waals surface area contributed by atoms with Crippen molar-refractivity contribution in [2.45, 2.75) is 64.8 Å². The normalized spacial score (nSPS) is 30.9. The topological polar surface area (TPSA) is 37.4 Å². The first-order chi connectivity index (χ1) is 8.16. The summed E-state index contributed by atoms with van der Waals surface area (Å²) in [4.78, 5) is 25.7. The van der Waals surface area contributed by atoms with E-state index < -0.39 is 0 Å². The van der Waals surface area contributed by atoms with Crippen LogP contribution in [-0.4, -0.2) is 22.8 Å². The molecule has 0 spiro atoms. The fourth-order valence-electron chi connectivity index (χ4n) is 3.01. The van der Waals surface area contributed by atoms with E-state index in [4.69, 9.17) is 0 Å². The fourth-order valence-corrected chi connectivity index (χ4v) is 3.01. The van der Waals surface area contributed by atoms with E-state index in [1.165, 1.54) is 19.3 Å². The zero-order chi connectivity index (χ0) is 12.4. The van der Waals surface area contributed by atoms with Crippen molar-refractivity contribution in [3.8, 4) is 0 Å². The van der Waals surface area contributed by atoms with Crippen LogP contribution in [0.2, 0.25) is 0 Å². The number of carbonyl (C=O) groups excluding carboxylic acids is 2. The molecule has 3 atom stereocenters. The van der Waals surface area contributed by atoms with E-state index in [-0.39, 0.29) is 29.7 Å². The molecule has 0 aromatic carbocycles. The Labute approximate surface area is 104 Å². The zero-order valence-electron chi connectivity index (χ0n) is 10.9. The molecule has 0 radical (unpaired) electrons. The summed E-state index contributed by atoms with van der Waals surface area (Å²) < 4.78 is 0. The molecule has 0 bridgehead atoms. The molecular weight excluding hydrogens is 214 g/mol. The van der Waals surface area contributed by atoms with Crippen molar-refractivity contribution in [2.75, 3.05) is 0 Å². The van der Waals surface area contributed by atoms with Crippen molar-refractivity contribution in [3.63, 3.8) is 0 Å². The molecule has 1 saturated heterocycles. The molecule has 2 amide bonds. The lowest BCUT2D eigenvalue weighted by atomic mass is 9.77. The van der Waals surface area contributed by atoms with Crippen molar-refractivity contribution < 1.29 is 9.59 Å². The Balaban J connectivity index is 2.04. The van der Waals surface area contributed by atoms with Gasteiger partial charge in [0, 0.05) is 5.92 Å². The molecule has 1 aliphatic heterocycles. The summed E-state index contributed by atoms with van der Waals surface area (Å²) in [5.41, 5.74) is 0. The molecular formula is C14H23NO2. The van der Waals surface area contributed by atoms with Gasteiger partial charge in [-0.15, -0.1) is 0 Å². The average molecular weight is 237 g/mol. The smallest absolute Gasteiger partial charge is 0.234 e. The Morgan fingerprint density at radius 1 is 1.29 bits per heavy atom. The number of rotatable bonds is 2. The lowest BCUT2D eigenvalue weighted by Crippen LogP contribution is -2.64. The highest BCUT2D eigenvalue weighted by molar-refractivity contribution is 6.02. The molecule has 1 aliphatic carbocycles. The lowest BCUT2D eigenvalue weighted by Gasteiger charge is -2.47. The number of carbonyl (C=O) groups is 2. The van der Waals surface area contributed by atoms with E-state index in [9.17, 15) is 9.59 Å². The second-order valence-corrected chi connectivity index (χ2v) is 5.52. The minimum absolute atomic E-state index is 0.00894. The Hall–Kier alpha value is -0.860. The number of hydrogen-bond donors (Lipinski definition) is 0. The van der Waals surface area contributed by atoms with Gasteiger partial charge in [-0.25, -0.2) is 0 Å². The third-order valence-electron chi connectivity index (χ3n) is 4.39. The highest BCUT2D eigenvalue weighted by Crippen LogP contribution is 2.37. The zero-order valence-corrected chi connectivity index (χ0v) is 10.9. The number of β-lactam (4-membered cyclic amide) rings is 1. The molecule has 0 aromatic heterocycles. The van der Waals surface area contributed by atoms with E-state index in [0.29, 0.717) is 0 Å². The van der Waals surface area contributed by atoms with E-state index in [1.54, 1.807) is 4.90 Å². The molecule has 3 nitrogen and oxygen atoms in total. The largest absolute Gasteiger partial charge is 0.278 e. The number of fused-ring (bicyclic) bond motifs is 1. The highest BCUT2D eigenvalue weighted by Gasteiger charge is 2.50. The fraction of sp³-hybridized carbons (Fsp3) is 0.857. The van der Waals surface area contributed by atoms with Crippen LogP contribution in [0.3, 0.4) is 0 Å². The maximum atomic E-state index is 12.1. The van der Waals surface area contributed by atoms with Crippen LogP contribution >= 0.6 is 0 Å². The minimum Gasteiger partial charge on any atom is -0.278 e. The van der Waals surface area contributed by atoms with Crippen LogP contribution in [0.5, 0.6) is 0 Å². The second-order valence-electron chi connectivity index (χ2n) is 5.52. The molecule has 1 heterocycles. The van der Waals surface area contributed by atoms with E-state index in [1.807, 2.05) is 13.8 Å². The first-order valence-electron chi connectivity index (χ1n) is 7.03. The summed E-state index contributed by atoms with van der Waals surface area (Å²) in [5, 5.41) is 0. The Kier molecular flexibility index (Phi) is 3.85. The molecule has 2 fully saturated rings. The van der Waals surface area contributed by atoms with Gasteiger partial charge in [0.05, 0.1) is 12.0 Å². The van der Waals surface area contributed by atoms with E-state index in [0.717, 1.165) is 25.7 Å². The van der Waals surface area contributed by atoms with Crippen molar-refractivity contribution in [1.82, 2.24) is 4.90 Å². The van der Waals surface area contributed by atoms with Gasteiger partial charge in [0.2, 0.25) is 11.8 Å². The number of amides is 2.